The Morgan fingerprint density at radius 2 is 0.886 bits per heavy atom. The fourth-order valence-electron chi connectivity index (χ4n) is 6.69. The van der Waals surface area contributed by atoms with Gasteiger partial charge < -0.3 is 8.98 Å². The second-order valence-electron chi connectivity index (χ2n) is 11.4. The van der Waals surface area contributed by atoms with Gasteiger partial charge >= 0.3 is 0 Å². The molecule has 2 heteroatoms. The standard InChI is InChI=1S/C42H27NO/c1-3-11-28(12-4-1)30-19-21-31(22-20-30)33-25-32(29-13-5-2-6-14-29)26-34(27-33)43-39-17-9-7-15-35(39)37-23-24-38-36-16-8-10-18-40(36)44-42(38)41(37)43/h1-27H. The van der Waals surface area contributed by atoms with Crippen molar-refractivity contribution < 1.29 is 4.42 Å². The third-order valence-electron chi connectivity index (χ3n) is 8.79. The van der Waals surface area contributed by atoms with E-state index in [0.717, 1.165) is 38.7 Å². The first-order chi connectivity index (χ1) is 21.8. The lowest BCUT2D eigenvalue weighted by molar-refractivity contribution is 0.671. The number of aromatic nitrogens is 1. The molecule has 0 saturated heterocycles. The number of para-hydroxylation sites is 2. The molecule has 0 aliphatic rings. The Balaban J connectivity index is 1.33. The SMILES string of the molecule is c1ccc(-c2ccc(-c3cc(-c4ccccc4)cc(-n4c5ccccc5c5ccc6c7ccccc7oc6c54)c3)cc2)cc1. The van der Waals surface area contributed by atoms with E-state index in [2.05, 4.69) is 162 Å². The fraction of sp³-hybridized carbons (Fsp3) is 0. The van der Waals surface area contributed by atoms with Crippen LogP contribution in [0.5, 0.6) is 0 Å². The van der Waals surface area contributed by atoms with E-state index in [0.29, 0.717) is 0 Å². The van der Waals surface area contributed by atoms with Gasteiger partial charge in [0.05, 0.1) is 11.0 Å². The normalized spacial score (nSPS) is 11.6. The van der Waals surface area contributed by atoms with Gasteiger partial charge in [-0.1, -0.05) is 127 Å². The fourth-order valence-corrected chi connectivity index (χ4v) is 6.69. The van der Waals surface area contributed by atoms with Gasteiger partial charge in [-0.2, -0.15) is 0 Å². The lowest BCUT2D eigenvalue weighted by Gasteiger charge is -2.14. The molecule has 9 rings (SSSR count). The van der Waals surface area contributed by atoms with E-state index in [4.69, 9.17) is 4.42 Å². The first-order valence-electron chi connectivity index (χ1n) is 15.0. The monoisotopic (exact) mass is 561 g/mol. The van der Waals surface area contributed by atoms with Gasteiger partial charge in [0, 0.05) is 27.2 Å². The Hall–Kier alpha value is -5.86. The number of benzene rings is 7. The van der Waals surface area contributed by atoms with Crippen molar-refractivity contribution >= 4 is 43.7 Å². The van der Waals surface area contributed by atoms with Crippen LogP contribution in [0.3, 0.4) is 0 Å². The molecule has 0 bridgehead atoms. The molecule has 0 amide bonds. The lowest BCUT2D eigenvalue weighted by atomic mass is 9.96. The molecule has 206 valence electrons. The lowest BCUT2D eigenvalue weighted by Crippen LogP contribution is -1.96. The van der Waals surface area contributed by atoms with E-state index in [1.807, 2.05) is 6.07 Å². The quantitative estimate of drug-likeness (QED) is 0.209. The van der Waals surface area contributed by atoms with Gasteiger partial charge in [-0.25, -0.2) is 0 Å². The summed E-state index contributed by atoms with van der Waals surface area (Å²) in [6.45, 7) is 0. The smallest absolute Gasteiger partial charge is 0.160 e. The van der Waals surface area contributed by atoms with Crippen molar-refractivity contribution in [3.63, 3.8) is 0 Å². The molecule has 2 heterocycles. The Labute approximate surface area is 255 Å². The summed E-state index contributed by atoms with van der Waals surface area (Å²) in [5.74, 6) is 0. The van der Waals surface area contributed by atoms with E-state index in [1.54, 1.807) is 0 Å². The van der Waals surface area contributed by atoms with Crippen molar-refractivity contribution in [2.45, 2.75) is 0 Å². The van der Waals surface area contributed by atoms with Crippen LogP contribution in [0, 0.1) is 0 Å². The van der Waals surface area contributed by atoms with E-state index in [-0.39, 0.29) is 0 Å². The van der Waals surface area contributed by atoms with Gasteiger partial charge in [0.25, 0.3) is 0 Å². The third kappa shape index (κ3) is 3.89. The van der Waals surface area contributed by atoms with E-state index >= 15 is 0 Å². The highest BCUT2D eigenvalue weighted by molar-refractivity contribution is 6.21. The number of nitrogens with zero attached hydrogens (tertiary/aromatic N) is 1. The van der Waals surface area contributed by atoms with Crippen LogP contribution in [0.2, 0.25) is 0 Å². The molecular formula is C42H27NO. The van der Waals surface area contributed by atoms with Crippen molar-refractivity contribution in [1.82, 2.24) is 4.57 Å². The topological polar surface area (TPSA) is 18.1 Å². The summed E-state index contributed by atoms with van der Waals surface area (Å²) in [5.41, 5.74) is 12.3. The zero-order valence-electron chi connectivity index (χ0n) is 23.9. The Morgan fingerprint density at radius 1 is 0.364 bits per heavy atom. The minimum atomic E-state index is 0.907. The van der Waals surface area contributed by atoms with Crippen LogP contribution in [-0.2, 0) is 0 Å². The largest absolute Gasteiger partial charge is 0.454 e. The molecule has 0 atom stereocenters. The van der Waals surface area contributed by atoms with Crippen molar-refractivity contribution in [3.05, 3.63) is 164 Å². The number of fused-ring (bicyclic) bond motifs is 7. The number of hydrogen-bond donors (Lipinski definition) is 0. The van der Waals surface area contributed by atoms with Crippen LogP contribution in [0.25, 0.3) is 82.8 Å². The molecule has 0 fully saturated rings. The van der Waals surface area contributed by atoms with Crippen LogP contribution in [-0.4, -0.2) is 4.57 Å². The molecule has 0 unspecified atom stereocenters. The van der Waals surface area contributed by atoms with Gasteiger partial charge in [0.2, 0.25) is 0 Å². The Morgan fingerprint density at radius 3 is 1.59 bits per heavy atom. The van der Waals surface area contributed by atoms with Gasteiger partial charge in [-0.05, 0) is 69.8 Å². The highest BCUT2D eigenvalue weighted by Crippen LogP contribution is 2.41. The van der Waals surface area contributed by atoms with Crippen LogP contribution in [0.4, 0.5) is 0 Å². The predicted molar refractivity (Wildman–Crippen MR) is 184 cm³/mol. The molecule has 0 saturated carbocycles. The maximum Gasteiger partial charge on any atom is 0.160 e. The summed E-state index contributed by atoms with van der Waals surface area (Å²) < 4.78 is 9.01. The van der Waals surface area contributed by atoms with Gasteiger partial charge in [-0.3, -0.25) is 0 Å². The molecule has 2 aromatic heterocycles. The highest BCUT2D eigenvalue weighted by Gasteiger charge is 2.19. The maximum atomic E-state index is 6.62. The van der Waals surface area contributed by atoms with E-state index < -0.39 is 0 Å². The number of hydrogen-bond acceptors (Lipinski definition) is 1. The predicted octanol–water partition coefficient (Wildman–Crippen LogP) is 11.7. The highest BCUT2D eigenvalue weighted by atomic mass is 16.3. The Kier molecular flexibility index (Phi) is 5.54. The van der Waals surface area contributed by atoms with E-state index in [1.165, 1.54) is 44.2 Å². The van der Waals surface area contributed by atoms with Crippen LogP contribution >= 0.6 is 0 Å². The zero-order valence-corrected chi connectivity index (χ0v) is 23.9. The van der Waals surface area contributed by atoms with Crippen LogP contribution < -0.4 is 0 Å². The summed E-state index contributed by atoms with van der Waals surface area (Å²) in [6, 6.07) is 58.5. The van der Waals surface area contributed by atoms with Crippen LogP contribution in [0.1, 0.15) is 0 Å². The summed E-state index contributed by atoms with van der Waals surface area (Å²) >= 11 is 0. The molecule has 9 aromatic rings. The van der Waals surface area contributed by atoms with Gasteiger partial charge in [-0.15, -0.1) is 0 Å². The number of furan rings is 1. The summed E-state index contributed by atoms with van der Waals surface area (Å²) in [4.78, 5) is 0. The zero-order chi connectivity index (χ0) is 29.0. The molecule has 0 aliphatic heterocycles. The number of rotatable bonds is 4. The van der Waals surface area contributed by atoms with Crippen molar-refractivity contribution in [1.29, 1.82) is 0 Å². The first kappa shape index (κ1) is 24.7. The second-order valence-corrected chi connectivity index (χ2v) is 11.4. The van der Waals surface area contributed by atoms with E-state index in [9.17, 15) is 0 Å². The average Bonchev–Trinajstić information content (AvgIpc) is 3.65. The molecule has 7 aromatic carbocycles. The van der Waals surface area contributed by atoms with Crippen LogP contribution in [0.15, 0.2) is 168 Å². The summed E-state index contributed by atoms with van der Waals surface area (Å²) in [6.07, 6.45) is 0. The molecule has 0 aliphatic carbocycles. The average molecular weight is 562 g/mol. The summed E-state index contributed by atoms with van der Waals surface area (Å²) in [7, 11) is 0. The molecule has 44 heavy (non-hydrogen) atoms. The maximum absolute atomic E-state index is 6.62. The van der Waals surface area contributed by atoms with Gasteiger partial charge in [0.15, 0.2) is 5.58 Å². The molecular weight excluding hydrogens is 534 g/mol. The molecule has 0 N–H and O–H groups in total. The first-order valence-corrected chi connectivity index (χ1v) is 15.0. The molecule has 2 nitrogen and oxygen atoms in total. The van der Waals surface area contributed by atoms with Crippen molar-refractivity contribution in [2.24, 2.45) is 0 Å². The molecule has 0 spiro atoms. The minimum Gasteiger partial charge on any atom is -0.454 e. The third-order valence-corrected chi connectivity index (χ3v) is 8.79. The summed E-state index contributed by atoms with van der Waals surface area (Å²) in [5, 5.41) is 4.67. The minimum absolute atomic E-state index is 0.907. The second kappa shape index (κ2) is 9.86. The Bertz CT molecular complexity index is 2470. The van der Waals surface area contributed by atoms with Crippen molar-refractivity contribution in [2.75, 3.05) is 0 Å². The molecule has 0 radical (unpaired) electrons. The van der Waals surface area contributed by atoms with Crippen molar-refractivity contribution in [3.8, 4) is 39.1 Å². The van der Waals surface area contributed by atoms with Gasteiger partial charge in [0.1, 0.15) is 5.58 Å².